The second kappa shape index (κ2) is 6.61. The van der Waals surface area contributed by atoms with Crippen LogP contribution in [0.4, 0.5) is 0 Å². The monoisotopic (exact) mass is 289 g/mol. The lowest BCUT2D eigenvalue weighted by atomic mass is 10.1. The minimum atomic E-state index is 0.0165. The van der Waals surface area contributed by atoms with Gasteiger partial charge in [0, 0.05) is 30.2 Å². The number of nitrogens with zero attached hydrogens (tertiary/aromatic N) is 2. The van der Waals surface area contributed by atoms with E-state index in [9.17, 15) is 4.79 Å². The number of benzene rings is 1. The SMILES string of the molecule is CCc1nn(C)cc1CNC(=O)Cc1ccc(S)cc1. The summed E-state index contributed by atoms with van der Waals surface area (Å²) in [5, 5.41) is 7.30. The summed E-state index contributed by atoms with van der Waals surface area (Å²) in [5.74, 6) is 0.0165. The zero-order valence-corrected chi connectivity index (χ0v) is 12.7. The predicted octanol–water partition coefficient (Wildman–Crippen LogP) is 2.13. The first-order chi connectivity index (χ1) is 9.58. The van der Waals surface area contributed by atoms with E-state index in [0.717, 1.165) is 28.1 Å². The Morgan fingerprint density at radius 2 is 2.05 bits per heavy atom. The van der Waals surface area contributed by atoms with Crippen molar-refractivity contribution in [2.45, 2.75) is 31.2 Å². The van der Waals surface area contributed by atoms with E-state index in [-0.39, 0.29) is 5.91 Å². The molecule has 1 heterocycles. The van der Waals surface area contributed by atoms with E-state index in [4.69, 9.17) is 0 Å². The van der Waals surface area contributed by atoms with Gasteiger partial charge >= 0.3 is 0 Å². The summed E-state index contributed by atoms with van der Waals surface area (Å²) in [6.45, 7) is 2.59. The largest absolute Gasteiger partial charge is 0.352 e. The molecule has 1 aromatic heterocycles. The number of carbonyl (C=O) groups excluding carboxylic acids is 1. The van der Waals surface area contributed by atoms with Crippen LogP contribution in [0.15, 0.2) is 35.4 Å². The minimum absolute atomic E-state index is 0.0165. The number of hydrogen-bond acceptors (Lipinski definition) is 3. The molecule has 5 heteroatoms. The van der Waals surface area contributed by atoms with Crippen molar-refractivity contribution in [2.75, 3.05) is 0 Å². The molecule has 0 bridgehead atoms. The van der Waals surface area contributed by atoms with Crippen LogP contribution >= 0.6 is 12.6 Å². The van der Waals surface area contributed by atoms with E-state index in [1.165, 1.54) is 0 Å². The number of carbonyl (C=O) groups is 1. The lowest BCUT2D eigenvalue weighted by molar-refractivity contribution is -0.120. The topological polar surface area (TPSA) is 46.9 Å². The standard InChI is InChI=1S/C15H19N3OS/c1-3-14-12(10-18(2)17-14)9-16-15(19)8-11-4-6-13(20)7-5-11/h4-7,10,20H,3,8-9H2,1-2H3,(H,16,19). The van der Waals surface area contributed by atoms with Gasteiger partial charge in [-0.15, -0.1) is 12.6 Å². The fraction of sp³-hybridized carbons (Fsp3) is 0.333. The highest BCUT2D eigenvalue weighted by Crippen LogP contribution is 2.09. The molecule has 0 radical (unpaired) electrons. The summed E-state index contributed by atoms with van der Waals surface area (Å²) in [6.07, 6.45) is 3.21. The lowest BCUT2D eigenvalue weighted by Crippen LogP contribution is -2.24. The molecule has 4 nitrogen and oxygen atoms in total. The first-order valence-corrected chi connectivity index (χ1v) is 7.09. The molecule has 0 atom stereocenters. The third-order valence-electron chi connectivity index (χ3n) is 3.10. The van der Waals surface area contributed by atoms with Crippen LogP contribution in [-0.2, 0) is 31.2 Å². The van der Waals surface area contributed by atoms with Crippen molar-refractivity contribution in [1.29, 1.82) is 0 Å². The predicted molar refractivity (Wildman–Crippen MR) is 81.8 cm³/mol. The highest BCUT2D eigenvalue weighted by Gasteiger charge is 2.08. The molecule has 106 valence electrons. The highest BCUT2D eigenvalue weighted by atomic mass is 32.1. The van der Waals surface area contributed by atoms with Crippen LogP contribution in [0.3, 0.4) is 0 Å². The van der Waals surface area contributed by atoms with Crippen LogP contribution in [-0.4, -0.2) is 15.7 Å². The molecule has 1 N–H and O–H groups in total. The third-order valence-corrected chi connectivity index (χ3v) is 3.40. The number of amides is 1. The Labute approximate surface area is 124 Å². The Morgan fingerprint density at radius 3 is 2.70 bits per heavy atom. The van der Waals surface area contributed by atoms with Gasteiger partial charge in [0.15, 0.2) is 0 Å². The van der Waals surface area contributed by atoms with Crippen molar-refractivity contribution in [1.82, 2.24) is 15.1 Å². The number of hydrogen-bond donors (Lipinski definition) is 2. The summed E-state index contributed by atoms with van der Waals surface area (Å²) < 4.78 is 1.78. The summed E-state index contributed by atoms with van der Waals surface area (Å²) in [6, 6.07) is 7.62. The zero-order valence-electron chi connectivity index (χ0n) is 11.8. The molecule has 0 unspecified atom stereocenters. The number of aryl methyl sites for hydroxylation is 2. The Bertz CT molecular complexity index is 590. The van der Waals surface area contributed by atoms with Crippen molar-refractivity contribution in [3.05, 3.63) is 47.3 Å². The van der Waals surface area contributed by atoms with E-state index in [2.05, 4.69) is 30.0 Å². The molecule has 0 aliphatic carbocycles. The van der Waals surface area contributed by atoms with Crippen LogP contribution in [0, 0.1) is 0 Å². The quantitative estimate of drug-likeness (QED) is 0.828. The lowest BCUT2D eigenvalue weighted by Gasteiger charge is -2.05. The molecule has 0 saturated carbocycles. The third kappa shape index (κ3) is 3.87. The zero-order chi connectivity index (χ0) is 14.5. The van der Waals surface area contributed by atoms with Crippen molar-refractivity contribution < 1.29 is 4.79 Å². The Balaban J connectivity index is 1.90. The van der Waals surface area contributed by atoms with Crippen LogP contribution < -0.4 is 5.32 Å². The number of thiol groups is 1. The van der Waals surface area contributed by atoms with E-state index < -0.39 is 0 Å². The Morgan fingerprint density at radius 1 is 1.35 bits per heavy atom. The summed E-state index contributed by atoms with van der Waals surface area (Å²) in [5.41, 5.74) is 3.10. The highest BCUT2D eigenvalue weighted by molar-refractivity contribution is 7.80. The molecule has 2 rings (SSSR count). The average molecular weight is 289 g/mol. The van der Waals surface area contributed by atoms with Gasteiger partial charge in [0.2, 0.25) is 5.91 Å². The van der Waals surface area contributed by atoms with Gasteiger partial charge in [-0.1, -0.05) is 19.1 Å². The average Bonchev–Trinajstić information content (AvgIpc) is 2.79. The van der Waals surface area contributed by atoms with E-state index in [1.807, 2.05) is 37.5 Å². The molecule has 20 heavy (non-hydrogen) atoms. The van der Waals surface area contributed by atoms with Crippen LogP contribution in [0.2, 0.25) is 0 Å². The van der Waals surface area contributed by atoms with Crippen molar-refractivity contribution in [2.24, 2.45) is 7.05 Å². The van der Waals surface area contributed by atoms with E-state index in [1.54, 1.807) is 4.68 Å². The summed E-state index contributed by atoms with van der Waals surface area (Å²) >= 11 is 4.23. The summed E-state index contributed by atoms with van der Waals surface area (Å²) in [7, 11) is 1.89. The smallest absolute Gasteiger partial charge is 0.224 e. The Kier molecular flexibility index (Phi) is 4.84. The molecular weight excluding hydrogens is 270 g/mol. The number of nitrogens with one attached hydrogen (secondary N) is 1. The van der Waals surface area contributed by atoms with E-state index in [0.29, 0.717) is 13.0 Å². The van der Waals surface area contributed by atoms with Gasteiger partial charge < -0.3 is 5.32 Å². The molecule has 2 aromatic rings. The maximum Gasteiger partial charge on any atom is 0.224 e. The molecule has 0 fully saturated rings. The molecular formula is C15H19N3OS. The molecule has 1 aromatic carbocycles. The van der Waals surface area contributed by atoms with Crippen LogP contribution in [0.5, 0.6) is 0 Å². The van der Waals surface area contributed by atoms with Gasteiger partial charge in [-0.3, -0.25) is 9.48 Å². The fourth-order valence-electron chi connectivity index (χ4n) is 2.08. The van der Waals surface area contributed by atoms with Gasteiger partial charge in [-0.25, -0.2) is 0 Å². The second-order valence-corrected chi connectivity index (χ2v) is 5.26. The fourth-order valence-corrected chi connectivity index (χ4v) is 2.23. The molecule has 0 saturated heterocycles. The maximum atomic E-state index is 11.9. The normalized spacial score (nSPS) is 10.6. The van der Waals surface area contributed by atoms with Crippen molar-refractivity contribution in [3.8, 4) is 0 Å². The first-order valence-electron chi connectivity index (χ1n) is 6.64. The molecule has 1 amide bonds. The molecule has 0 spiro atoms. The van der Waals surface area contributed by atoms with Gasteiger partial charge in [0.1, 0.15) is 0 Å². The van der Waals surface area contributed by atoms with Gasteiger partial charge in [0.25, 0.3) is 0 Å². The van der Waals surface area contributed by atoms with Gasteiger partial charge in [0.05, 0.1) is 12.1 Å². The van der Waals surface area contributed by atoms with Crippen molar-refractivity contribution in [3.63, 3.8) is 0 Å². The maximum absolute atomic E-state index is 11.9. The molecule has 0 aliphatic heterocycles. The van der Waals surface area contributed by atoms with Crippen molar-refractivity contribution >= 4 is 18.5 Å². The van der Waals surface area contributed by atoms with E-state index >= 15 is 0 Å². The van der Waals surface area contributed by atoms with Gasteiger partial charge in [-0.05, 0) is 24.1 Å². The Hall–Kier alpha value is -1.75. The van der Waals surface area contributed by atoms with Crippen LogP contribution in [0.25, 0.3) is 0 Å². The first kappa shape index (κ1) is 14.7. The minimum Gasteiger partial charge on any atom is -0.352 e. The second-order valence-electron chi connectivity index (χ2n) is 4.75. The number of rotatable bonds is 5. The number of aromatic nitrogens is 2. The summed E-state index contributed by atoms with van der Waals surface area (Å²) in [4.78, 5) is 12.8. The van der Waals surface area contributed by atoms with Gasteiger partial charge in [-0.2, -0.15) is 5.10 Å². The molecule has 0 aliphatic rings. The van der Waals surface area contributed by atoms with Crippen LogP contribution in [0.1, 0.15) is 23.7 Å².